The Bertz CT molecular complexity index is 885. The maximum Gasteiger partial charge on any atom is 0.295 e. The van der Waals surface area contributed by atoms with E-state index in [2.05, 4.69) is 11.0 Å². The number of ether oxygens (including phenoxy) is 1. The van der Waals surface area contributed by atoms with Gasteiger partial charge in [-0.25, -0.2) is 0 Å². The van der Waals surface area contributed by atoms with E-state index in [9.17, 15) is 9.59 Å². The van der Waals surface area contributed by atoms with Crippen LogP contribution in [0.4, 0.5) is 0 Å². The molecule has 0 bridgehead atoms. The summed E-state index contributed by atoms with van der Waals surface area (Å²) in [6.07, 6.45) is 2.15. The molecule has 0 spiro atoms. The van der Waals surface area contributed by atoms with Gasteiger partial charge in [0.05, 0.1) is 7.11 Å². The van der Waals surface area contributed by atoms with Crippen LogP contribution in [0, 0.1) is 5.92 Å². The monoisotopic (exact) mass is 437 g/mol. The molecule has 172 valence electrons. The lowest BCUT2D eigenvalue weighted by Gasteiger charge is -2.36. The summed E-state index contributed by atoms with van der Waals surface area (Å²) in [7, 11) is 5.67. The zero-order valence-electron chi connectivity index (χ0n) is 19.5. The third-order valence-corrected chi connectivity index (χ3v) is 6.00. The summed E-state index contributed by atoms with van der Waals surface area (Å²) in [5, 5.41) is 0. The van der Waals surface area contributed by atoms with E-state index >= 15 is 0 Å². The molecule has 0 aromatic heterocycles. The van der Waals surface area contributed by atoms with Gasteiger partial charge in [-0.3, -0.25) is 14.5 Å². The van der Waals surface area contributed by atoms with Crippen LogP contribution in [-0.4, -0.2) is 80.3 Å². The van der Waals surface area contributed by atoms with E-state index in [1.165, 1.54) is 5.56 Å². The van der Waals surface area contributed by atoms with Crippen molar-refractivity contribution in [1.82, 2.24) is 14.7 Å². The van der Waals surface area contributed by atoms with Crippen molar-refractivity contribution in [1.29, 1.82) is 0 Å². The van der Waals surface area contributed by atoms with E-state index < -0.39 is 11.7 Å². The number of ketones is 1. The molecule has 1 amide bonds. The lowest BCUT2D eigenvalue weighted by molar-refractivity contribution is -0.127. The molecule has 32 heavy (non-hydrogen) atoms. The zero-order chi connectivity index (χ0) is 22.9. The van der Waals surface area contributed by atoms with Gasteiger partial charge in [0.2, 0.25) is 5.78 Å². The Labute approximate surface area is 191 Å². The van der Waals surface area contributed by atoms with E-state index in [0.29, 0.717) is 24.6 Å². The number of carbonyl (C=O) groups excluding carboxylic acids is 2. The van der Waals surface area contributed by atoms with Crippen molar-refractivity contribution in [3.05, 3.63) is 65.7 Å². The van der Waals surface area contributed by atoms with Crippen molar-refractivity contribution in [2.45, 2.75) is 19.4 Å². The summed E-state index contributed by atoms with van der Waals surface area (Å²) in [5.74, 6) is 0.421. The predicted molar refractivity (Wildman–Crippen MR) is 127 cm³/mol. The largest absolute Gasteiger partial charge is 0.496 e. The Balaban J connectivity index is 1.66. The Morgan fingerprint density at radius 2 is 1.75 bits per heavy atom. The smallest absolute Gasteiger partial charge is 0.295 e. The maximum absolute atomic E-state index is 13.1. The second-order valence-electron chi connectivity index (χ2n) is 8.80. The van der Waals surface area contributed by atoms with Gasteiger partial charge in [-0.1, -0.05) is 48.5 Å². The minimum Gasteiger partial charge on any atom is -0.496 e. The third-order valence-electron chi connectivity index (χ3n) is 6.00. The van der Waals surface area contributed by atoms with Gasteiger partial charge in [-0.15, -0.1) is 0 Å². The molecule has 1 aliphatic heterocycles. The van der Waals surface area contributed by atoms with Crippen molar-refractivity contribution in [2.24, 2.45) is 5.92 Å². The van der Waals surface area contributed by atoms with Crippen LogP contribution < -0.4 is 4.74 Å². The van der Waals surface area contributed by atoms with Gasteiger partial charge in [-0.2, -0.15) is 0 Å². The molecule has 1 heterocycles. The topological polar surface area (TPSA) is 53.1 Å². The minimum absolute atomic E-state index is 0.341. The first-order chi connectivity index (χ1) is 15.5. The summed E-state index contributed by atoms with van der Waals surface area (Å²) >= 11 is 0. The van der Waals surface area contributed by atoms with Crippen LogP contribution in [0.15, 0.2) is 54.6 Å². The third kappa shape index (κ3) is 6.65. The highest BCUT2D eigenvalue weighted by Gasteiger charge is 2.28. The lowest BCUT2D eigenvalue weighted by atomic mass is 9.96. The molecule has 0 saturated carbocycles. The van der Waals surface area contributed by atoms with Crippen molar-refractivity contribution in [3.63, 3.8) is 0 Å². The summed E-state index contributed by atoms with van der Waals surface area (Å²) in [6, 6.07) is 17.0. The molecule has 2 aromatic carbocycles. The molecule has 1 aliphatic rings. The molecule has 3 rings (SSSR count). The minimum atomic E-state index is -0.425. The fourth-order valence-electron chi connectivity index (χ4n) is 4.28. The van der Waals surface area contributed by atoms with E-state index in [4.69, 9.17) is 4.74 Å². The van der Waals surface area contributed by atoms with E-state index in [1.54, 1.807) is 36.3 Å². The normalized spacial score (nSPS) is 16.7. The molecule has 1 atom stereocenters. The van der Waals surface area contributed by atoms with Crippen LogP contribution in [0.1, 0.15) is 28.8 Å². The van der Waals surface area contributed by atoms with Crippen LogP contribution in [-0.2, 0) is 11.3 Å². The van der Waals surface area contributed by atoms with Crippen LogP contribution in [0.2, 0.25) is 0 Å². The number of piperidine rings is 1. The standard InChI is InChI=1S/C26H35N3O3/c1-27(2)16-17-29(26(31)25(30)22-11-5-4-6-12-22)19-21-10-9-15-28(18-21)20-23-13-7-8-14-24(23)32-3/h4-8,11-14,21H,9-10,15-20H2,1-3H3/t21-/m1/s1. The summed E-state index contributed by atoms with van der Waals surface area (Å²) in [6.45, 7) is 4.65. The molecule has 0 N–H and O–H groups in total. The van der Waals surface area contributed by atoms with Gasteiger partial charge in [-0.05, 0) is 45.5 Å². The summed E-state index contributed by atoms with van der Waals surface area (Å²) in [5.41, 5.74) is 1.63. The van der Waals surface area contributed by atoms with Gasteiger partial charge >= 0.3 is 0 Å². The fraction of sp³-hybridized carbons (Fsp3) is 0.462. The fourth-order valence-corrected chi connectivity index (χ4v) is 4.28. The zero-order valence-corrected chi connectivity index (χ0v) is 19.5. The number of hydrogen-bond acceptors (Lipinski definition) is 5. The van der Waals surface area contributed by atoms with E-state index in [-0.39, 0.29) is 0 Å². The molecule has 1 saturated heterocycles. The van der Waals surface area contributed by atoms with E-state index in [1.807, 2.05) is 43.3 Å². The number of likely N-dealkylation sites (N-methyl/N-ethyl adjacent to an activating group) is 1. The second kappa shape index (κ2) is 11.8. The average Bonchev–Trinajstić information content (AvgIpc) is 2.82. The van der Waals surface area contributed by atoms with E-state index in [0.717, 1.165) is 44.8 Å². The Morgan fingerprint density at radius 1 is 1.03 bits per heavy atom. The molecule has 0 aliphatic carbocycles. The number of Topliss-reactive ketones (excluding diaryl/α,β-unsaturated/α-hetero) is 1. The second-order valence-corrected chi connectivity index (χ2v) is 8.80. The van der Waals surface area contributed by atoms with Crippen molar-refractivity contribution in [3.8, 4) is 5.75 Å². The first-order valence-electron chi connectivity index (χ1n) is 11.4. The SMILES string of the molecule is COc1ccccc1CN1CCC[C@@H](CN(CCN(C)C)C(=O)C(=O)c2ccccc2)C1. The Morgan fingerprint density at radius 3 is 2.47 bits per heavy atom. The molecule has 6 heteroatoms. The number of carbonyl (C=O) groups is 2. The first kappa shape index (κ1) is 24.0. The van der Waals surface area contributed by atoms with Crippen LogP contribution >= 0.6 is 0 Å². The maximum atomic E-state index is 13.1. The lowest BCUT2D eigenvalue weighted by Crippen LogP contribution is -2.46. The predicted octanol–water partition coefficient (Wildman–Crippen LogP) is 3.18. The number of amides is 1. The average molecular weight is 438 g/mol. The first-order valence-corrected chi connectivity index (χ1v) is 11.4. The van der Waals surface area contributed by atoms with Crippen LogP contribution in [0.5, 0.6) is 5.75 Å². The number of likely N-dealkylation sites (tertiary alicyclic amines) is 1. The Kier molecular flexibility index (Phi) is 8.82. The summed E-state index contributed by atoms with van der Waals surface area (Å²) in [4.78, 5) is 32.2. The van der Waals surface area contributed by atoms with Gasteiger partial charge < -0.3 is 14.5 Å². The molecular formula is C26H35N3O3. The quantitative estimate of drug-likeness (QED) is 0.422. The van der Waals surface area contributed by atoms with Gasteiger partial charge in [0, 0.05) is 43.9 Å². The van der Waals surface area contributed by atoms with Crippen molar-refractivity contribution < 1.29 is 14.3 Å². The van der Waals surface area contributed by atoms with Crippen LogP contribution in [0.3, 0.4) is 0 Å². The molecule has 2 aromatic rings. The van der Waals surface area contributed by atoms with Gasteiger partial charge in [0.15, 0.2) is 0 Å². The van der Waals surface area contributed by atoms with Gasteiger partial charge in [0.25, 0.3) is 5.91 Å². The molecule has 6 nitrogen and oxygen atoms in total. The number of hydrogen-bond donors (Lipinski definition) is 0. The van der Waals surface area contributed by atoms with Crippen molar-refractivity contribution in [2.75, 3.05) is 53.9 Å². The number of benzene rings is 2. The van der Waals surface area contributed by atoms with Crippen LogP contribution in [0.25, 0.3) is 0 Å². The molecule has 1 fully saturated rings. The van der Waals surface area contributed by atoms with Gasteiger partial charge in [0.1, 0.15) is 5.75 Å². The number of methoxy groups -OCH3 is 1. The molecular weight excluding hydrogens is 402 g/mol. The Hall–Kier alpha value is -2.70. The highest BCUT2D eigenvalue weighted by Crippen LogP contribution is 2.24. The highest BCUT2D eigenvalue weighted by atomic mass is 16.5. The molecule has 0 unspecified atom stereocenters. The number of rotatable bonds is 10. The summed E-state index contributed by atoms with van der Waals surface area (Å²) < 4.78 is 5.51. The van der Waals surface area contributed by atoms with Crippen molar-refractivity contribution >= 4 is 11.7 Å². The number of para-hydroxylation sites is 1. The molecule has 0 radical (unpaired) electrons. The highest BCUT2D eigenvalue weighted by molar-refractivity contribution is 6.42. The number of nitrogens with zero attached hydrogens (tertiary/aromatic N) is 3.